The summed E-state index contributed by atoms with van der Waals surface area (Å²) < 4.78 is 0. The van der Waals surface area contributed by atoms with Crippen molar-refractivity contribution in [3.8, 4) is 0 Å². The highest BCUT2D eigenvalue weighted by molar-refractivity contribution is 6.33. The minimum atomic E-state index is -0.257. The van der Waals surface area contributed by atoms with Crippen molar-refractivity contribution in [2.45, 2.75) is 32.1 Å². The van der Waals surface area contributed by atoms with Crippen LogP contribution in [0.1, 0.15) is 42.5 Å². The fourth-order valence-corrected chi connectivity index (χ4v) is 2.41. The zero-order chi connectivity index (χ0) is 12.8. The van der Waals surface area contributed by atoms with E-state index in [4.69, 9.17) is 11.6 Å². The van der Waals surface area contributed by atoms with Gasteiger partial charge in [-0.25, -0.2) is 5.43 Å². The average Bonchev–Trinajstić information content (AvgIpc) is 2.40. The first-order valence-corrected chi connectivity index (χ1v) is 6.73. The Morgan fingerprint density at radius 2 is 2.00 bits per heavy atom. The van der Waals surface area contributed by atoms with E-state index in [-0.39, 0.29) is 5.91 Å². The van der Waals surface area contributed by atoms with E-state index < -0.39 is 0 Å². The summed E-state index contributed by atoms with van der Waals surface area (Å²) in [6.07, 6.45) is 8.03. The fourth-order valence-electron chi connectivity index (χ4n) is 2.19. The normalized spacial score (nSPS) is 16.9. The number of hydrogen-bond donors (Lipinski definition) is 1. The molecule has 0 aliphatic heterocycles. The number of benzene rings is 1. The molecule has 0 spiro atoms. The molecule has 1 amide bonds. The van der Waals surface area contributed by atoms with Gasteiger partial charge in [-0.2, -0.15) is 5.10 Å². The van der Waals surface area contributed by atoms with Gasteiger partial charge in [-0.15, -0.1) is 0 Å². The van der Waals surface area contributed by atoms with Crippen molar-refractivity contribution in [3.05, 3.63) is 34.9 Å². The van der Waals surface area contributed by atoms with E-state index in [1.165, 1.54) is 32.1 Å². The number of nitrogens with one attached hydrogen (secondary N) is 1. The quantitative estimate of drug-likeness (QED) is 0.657. The molecule has 0 saturated heterocycles. The lowest BCUT2D eigenvalue weighted by atomic mass is 9.90. The SMILES string of the molecule is O=C(N/N=C\C1CCCCC1)c1ccccc1Cl. The molecule has 0 heterocycles. The van der Waals surface area contributed by atoms with Gasteiger partial charge < -0.3 is 0 Å². The van der Waals surface area contributed by atoms with E-state index >= 15 is 0 Å². The van der Waals surface area contributed by atoms with Gasteiger partial charge in [-0.1, -0.05) is 43.0 Å². The molecule has 1 aliphatic carbocycles. The maximum absolute atomic E-state index is 11.8. The van der Waals surface area contributed by atoms with Crippen LogP contribution in [0.2, 0.25) is 5.02 Å². The maximum atomic E-state index is 11.8. The largest absolute Gasteiger partial charge is 0.272 e. The number of rotatable bonds is 3. The number of nitrogens with zero attached hydrogens (tertiary/aromatic N) is 1. The Morgan fingerprint density at radius 3 is 2.72 bits per heavy atom. The van der Waals surface area contributed by atoms with Crippen LogP contribution in [0, 0.1) is 5.92 Å². The second kappa shape index (κ2) is 6.55. The van der Waals surface area contributed by atoms with Gasteiger partial charge in [-0.3, -0.25) is 4.79 Å². The molecule has 96 valence electrons. The van der Waals surface area contributed by atoms with Crippen molar-refractivity contribution in [1.82, 2.24) is 5.43 Å². The molecular formula is C14H17ClN2O. The van der Waals surface area contributed by atoms with E-state index in [1.807, 2.05) is 6.21 Å². The van der Waals surface area contributed by atoms with Crippen molar-refractivity contribution >= 4 is 23.7 Å². The molecule has 2 rings (SSSR count). The van der Waals surface area contributed by atoms with Gasteiger partial charge in [0.1, 0.15) is 0 Å². The number of carbonyl (C=O) groups is 1. The van der Waals surface area contributed by atoms with E-state index in [9.17, 15) is 4.79 Å². The van der Waals surface area contributed by atoms with Crippen LogP contribution in [0.5, 0.6) is 0 Å². The molecule has 0 bridgehead atoms. The molecule has 1 aromatic carbocycles. The van der Waals surface area contributed by atoms with Crippen molar-refractivity contribution in [2.75, 3.05) is 0 Å². The van der Waals surface area contributed by atoms with Gasteiger partial charge >= 0.3 is 0 Å². The van der Waals surface area contributed by atoms with Crippen LogP contribution >= 0.6 is 11.6 Å². The smallest absolute Gasteiger partial charge is 0.267 e. The molecule has 4 heteroatoms. The number of hydrogen-bond acceptors (Lipinski definition) is 2. The third kappa shape index (κ3) is 3.57. The average molecular weight is 265 g/mol. The first kappa shape index (κ1) is 13.1. The van der Waals surface area contributed by atoms with Gasteiger partial charge in [0.2, 0.25) is 0 Å². The Kier molecular flexibility index (Phi) is 4.76. The van der Waals surface area contributed by atoms with Crippen LogP contribution in [0.4, 0.5) is 0 Å². The number of carbonyl (C=O) groups excluding carboxylic acids is 1. The zero-order valence-electron chi connectivity index (χ0n) is 10.2. The van der Waals surface area contributed by atoms with E-state index in [2.05, 4.69) is 10.5 Å². The molecule has 18 heavy (non-hydrogen) atoms. The highest BCUT2D eigenvalue weighted by Gasteiger charge is 2.11. The Bertz CT molecular complexity index is 439. The first-order chi connectivity index (χ1) is 8.77. The summed E-state index contributed by atoms with van der Waals surface area (Å²) in [5.41, 5.74) is 2.99. The highest BCUT2D eigenvalue weighted by atomic mass is 35.5. The monoisotopic (exact) mass is 264 g/mol. The minimum Gasteiger partial charge on any atom is -0.267 e. The molecule has 0 radical (unpaired) electrons. The zero-order valence-corrected chi connectivity index (χ0v) is 11.0. The van der Waals surface area contributed by atoms with E-state index in [0.717, 1.165) is 0 Å². The van der Waals surface area contributed by atoms with Crippen LogP contribution < -0.4 is 5.43 Å². The van der Waals surface area contributed by atoms with Crippen LogP contribution in [-0.4, -0.2) is 12.1 Å². The lowest BCUT2D eigenvalue weighted by Crippen LogP contribution is -2.19. The lowest BCUT2D eigenvalue weighted by Gasteiger charge is -2.16. The summed E-state index contributed by atoms with van der Waals surface area (Å²) in [5.74, 6) is 0.248. The van der Waals surface area contributed by atoms with Crippen molar-refractivity contribution < 1.29 is 4.79 Å². The van der Waals surface area contributed by atoms with Crippen molar-refractivity contribution in [1.29, 1.82) is 0 Å². The summed E-state index contributed by atoms with van der Waals surface area (Å²) in [4.78, 5) is 11.8. The van der Waals surface area contributed by atoms with Gasteiger partial charge in [0, 0.05) is 6.21 Å². The van der Waals surface area contributed by atoms with Gasteiger partial charge in [-0.05, 0) is 30.9 Å². The maximum Gasteiger partial charge on any atom is 0.272 e. The molecular weight excluding hydrogens is 248 g/mol. The minimum absolute atomic E-state index is 0.257. The Balaban J connectivity index is 1.88. The Labute approximate surface area is 112 Å². The van der Waals surface area contributed by atoms with Crippen LogP contribution in [0.3, 0.4) is 0 Å². The van der Waals surface area contributed by atoms with Crippen molar-refractivity contribution in [3.63, 3.8) is 0 Å². The summed E-state index contributed by atoms with van der Waals surface area (Å²) in [6, 6.07) is 6.96. The van der Waals surface area contributed by atoms with Gasteiger partial charge in [0.15, 0.2) is 0 Å². The number of amides is 1. The number of hydrazone groups is 1. The standard InChI is InChI=1S/C14H17ClN2O/c15-13-9-5-4-8-12(13)14(18)17-16-10-11-6-2-1-3-7-11/h4-5,8-11H,1-3,6-7H2,(H,17,18)/b16-10-. The predicted octanol–water partition coefficient (Wildman–Crippen LogP) is 3.64. The topological polar surface area (TPSA) is 41.5 Å². The first-order valence-electron chi connectivity index (χ1n) is 6.35. The Hall–Kier alpha value is -1.35. The van der Waals surface area contributed by atoms with Crippen LogP contribution in [0.25, 0.3) is 0 Å². The predicted molar refractivity (Wildman–Crippen MR) is 74.0 cm³/mol. The molecule has 1 aromatic rings. The molecule has 1 aliphatic rings. The van der Waals surface area contributed by atoms with E-state index in [1.54, 1.807) is 24.3 Å². The van der Waals surface area contributed by atoms with Crippen molar-refractivity contribution in [2.24, 2.45) is 11.0 Å². The second-order valence-electron chi connectivity index (χ2n) is 4.60. The lowest BCUT2D eigenvalue weighted by molar-refractivity contribution is 0.0955. The van der Waals surface area contributed by atoms with E-state index in [0.29, 0.717) is 16.5 Å². The molecule has 0 unspecified atom stereocenters. The number of halogens is 1. The summed E-state index contributed by atoms with van der Waals surface area (Å²) in [5, 5.41) is 4.48. The fraction of sp³-hybridized carbons (Fsp3) is 0.429. The molecule has 3 nitrogen and oxygen atoms in total. The molecule has 0 aromatic heterocycles. The highest BCUT2D eigenvalue weighted by Crippen LogP contribution is 2.21. The van der Waals surface area contributed by atoms with Crippen LogP contribution in [0.15, 0.2) is 29.4 Å². The molecule has 1 N–H and O–H groups in total. The van der Waals surface area contributed by atoms with Gasteiger partial charge in [0.05, 0.1) is 10.6 Å². The third-order valence-corrected chi connectivity index (χ3v) is 3.55. The molecule has 1 fully saturated rings. The summed E-state index contributed by atoms with van der Waals surface area (Å²) >= 11 is 5.93. The van der Waals surface area contributed by atoms with Crippen LogP contribution in [-0.2, 0) is 0 Å². The summed E-state index contributed by atoms with van der Waals surface area (Å²) in [6.45, 7) is 0. The molecule has 0 atom stereocenters. The third-order valence-electron chi connectivity index (χ3n) is 3.22. The Morgan fingerprint density at radius 1 is 1.28 bits per heavy atom. The summed E-state index contributed by atoms with van der Waals surface area (Å²) in [7, 11) is 0. The molecule has 1 saturated carbocycles. The second-order valence-corrected chi connectivity index (χ2v) is 5.00. The van der Waals surface area contributed by atoms with Gasteiger partial charge in [0.25, 0.3) is 5.91 Å².